The Kier molecular flexibility index (Phi) is 5.16. The van der Waals surface area contributed by atoms with Gasteiger partial charge >= 0.3 is 0 Å². The van der Waals surface area contributed by atoms with Gasteiger partial charge in [-0.2, -0.15) is 5.10 Å². The molecule has 1 atom stereocenters. The van der Waals surface area contributed by atoms with Crippen molar-refractivity contribution in [3.05, 3.63) is 15.9 Å². The zero-order chi connectivity index (χ0) is 13.1. The third-order valence-corrected chi connectivity index (χ3v) is 4.14. The lowest BCUT2D eigenvalue weighted by atomic mass is 9.94. The van der Waals surface area contributed by atoms with Crippen LogP contribution >= 0.6 is 15.9 Å². The number of aryl methyl sites for hydroxylation is 2. The van der Waals surface area contributed by atoms with Crippen molar-refractivity contribution in [1.29, 1.82) is 0 Å². The van der Waals surface area contributed by atoms with Crippen LogP contribution in [0, 0.1) is 0 Å². The predicted octanol–water partition coefficient (Wildman–Crippen LogP) is 1.87. The lowest BCUT2D eigenvalue weighted by Crippen LogP contribution is -2.40. The molecule has 5 heteroatoms. The van der Waals surface area contributed by atoms with Gasteiger partial charge in [0.2, 0.25) is 0 Å². The molecule has 0 spiro atoms. The highest BCUT2D eigenvalue weighted by Crippen LogP contribution is 2.27. The van der Waals surface area contributed by atoms with Crippen LogP contribution in [-0.4, -0.2) is 27.0 Å². The fourth-order valence-electron chi connectivity index (χ4n) is 1.84. The van der Waals surface area contributed by atoms with Crippen LogP contribution in [0.3, 0.4) is 0 Å². The minimum Gasteiger partial charge on any atom is -0.388 e. The first-order valence-electron chi connectivity index (χ1n) is 6.17. The second kappa shape index (κ2) is 5.98. The van der Waals surface area contributed by atoms with E-state index in [-0.39, 0.29) is 6.54 Å². The van der Waals surface area contributed by atoms with Crippen molar-refractivity contribution < 1.29 is 5.11 Å². The molecule has 0 fully saturated rings. The smallest absolute Gasteiger partial charge is 0.0822 e. The van der Waals surface area contributed by atoms with Crippen LogP contribution in [0.5, 0.6) is 0 Å². The highest BCUT2D eigenvalue weighted by molar-refractivity contribution is 9.10. The lowest BCUT2D eigenvalue weighted by Gasteiger charge is -2.25. The highest BCUT2D eigenvalue weighted by Gasteiger charge is 2.27. The van der Waals surface area contributed by atoms with Crippen LogP contribution in [0.2, 0.25) is 0 Å². The van der Waals surface area contributed by atoms with Gasteiger partial charge in [-0.05, 0) is 35.7 Å². The highest BCUT2D eigenvalue weighted by atomic mass is 79.9. The lowest BCUT2D eigenvalue weighted by molar-refractivity contribution is 0.0434. The van der Waals surface area contributed by atoms with Crippen molar-refractivity contribution in [3.63, 3.8) is 0 Å². The summed E-state index contributed by atoms with van der Waals surface area (Å²) in [6.07, 6.45) is 2.07. The Morgan fingerprint density at radius 2 is 2.06 bits per heavy atom. The molecule has 0 aliphatic rings. The molecule has 0 radical (unpaired) electrons. The van der Waals surface area contributed by atoms with Crippen LogP contribution in [0.1, 0.15) is 38.6 Å². The van der Waals surface area contributed by atoms with Gasteiger partial charge in [-0.3, -0.25) is 4.68 Å². The molecule has 0 bridgehead atoms. The van der Waals surface area contributed by atoms with Crippen LogP contribution in [0.4, 0.5) is 0 Å². The summed E-state index contributed by atoms with van der Waals surface area (Å²) < 4.78 is 2.96. The molecule has 1 rings (SSSR count). The summed E-state index contributed by atoms with van der Waals surface area (Å²) in [5.74, 6) is 0. The van der Waals surface area contributed by atoms with Gasteiger partial charge in [-0.1, -0.05) is 13.8 Å². The summed E-state index contributed by atoms with van der Waals surface area (Å²) in [6, 6.07) is 0. The minimum absolute atomic E-state index is 0.270. The maximum Gasteiger partial charge on any atom is 0.0822 e. The molecule has 0 aromatic carbocycles. The Morgan fingerprint density at radius 1 is 1.41 bits per heavy atom. The second-order valence-corrected chi connectivity index (χ2v) is 5.13. The standard InChI is InChI=1S/C12H22BrN3O/c1-4-9-11(13)10(16(6-3)15-9)7-12(17,5-2)8-14/h17H,4-8,14H2,1-3H3. The Balaban J connectivity index is 3.08. The molecule has 1 aromatic rings. The minimum atomic E-state index is -0.833. The number of nitrogens with zero attached hydrogens (tertiary/aromatic N) is 2. The van der Waals surface area contributed by atoms with E-state index in [0.29, 0.717) is 12.8 Å². The second-order valence-electron chi connectivity index (χ2n) is 4.34. The summed E-state index contributed by atoms with van der Waals surface area (Å²) in [7, 11) is 0. The van der Waals surface area contributed by atoms with Crippen molar-refractivity contribution in [1.82, 2.24) is 9.78 Å². The van der Waals surface area contributed by atoms with Gasteiger partial charge in [0.1, 0.15) is 0 Å². The van der Waals surface area contributed by atoms with E-state index in [4.69, 9.17) is 5.73 Å². The molecular weight excluding hydrogens is 282 g/mol. The largest absolute Gasteiger partial charge is 0.388 e. The number of hydrogen-bond acceptors (Lipinski definition) is 3. The average molecular weight is 304 g/mol. The number of nitrogens with two attached hydrogens (primary N) is 1. The first-order valence-corrected chi connectivity index (χ1v) is 6.97. The molecule has 0 saturated carbocycles. The number of rotatable bonds is 6. The van der Waals surface area contributed by atoms with Crippen LogP contribution in [0.25, 0.3) is 0 Å². The van der Waals surface area contributed by atoms with Crippen LogP contribution in [-0.2, 0) is 19.4 Å². The molecule has 4 nitrogen and oxygen atoms in total. The maximum atomic E-state index is 10.3. The van der Waals surface area contributed by atoms with Gasteiger partial charge in [0, 0.05) is 19.5 Å². The molecule has 17 heavy (non-hydrogen) atoms. The van der Waals surface area contributed by atoms with Crippen molar-refractivity contribution in [2.24, 2.45) is 5.73 Å². The number of aromatic nitrogens is 2. The average Bonchev–Trinajstić information content (AvgIpc) is 2.66. The summed E-state index contributed by atoms with van der Waals surface area (Å²) >= 11 is 3.58. The van der Waals surface area contributed by atoms with E-state index in [9.17, 15) is 5.11 Å². The summed E-state index contributed by atoms with van der Waals surface area (Å²) in [5.41, 5.74) is 6.90. The van der Waals surface area contributed by atoms with E-state index in [0.717, 1.165) is 28.8 Å². The molecule has 0 saturated heterocycles. The maximum absolute atomic E-state index is 10.3. The van der Waals surface area contributed by atoms with E-state index >= 15 is 0 Å². The topological polar surface area (TPSA) is 64.1 Å². The molecule has 3 N–H and O–H groups in total. The molecule has 0 aliphatic carbocycles. The van der Waals surface area contributed by atoms with Crippen molar-refractivity contribution in [2.45, 2.75) is 52.2 Å². The first-order chi connectivity index (χ1) is 8.01. The van der Waals surface area contributed by atoms with E-state index < -0.39 is 5.60 Å². The Labute approximate surface area is 111 Å². The molecule has 1 aromatic heterocycles. The molecule has 0 aliphatic heterocycles. The number of aliphatic hydroxyl groups is 1. The summed E-state index contributed by atoms with van der Waals surface area (Å²) in [4.78, 5) is 0. The van der Waals surface area contributed by atoms with Gasteiger partial charge in [-0.15, -0.1) is 0 Å². The molecule has 1 unspecified atom stereocenters. The van der Waals surface area contributed by atoms with Gasteiger partial charge < -0.3 is 10.8 Å². The quantitative estimate of drug-likeness (QED) is 0.843. The van der Waals surface area contributed by atoms with Gasteiger partial charge in [0.15, 0.2) is 0 Å². The normalized spacial score (nSPS) is 14.9. The van der Waals surface area contributed by atoms with E-state index in [1.54, 1.807) is 0 Å². The molecule has 1 heterocycles. The number of halogens is 1. The zero-order valence-electron chi connectivity index (χ0n) is 10.8. The third-order valence-electron chi connectivity index (χ3n) is 3.23. The summed E-state index contributed by atoms with van der Waals surface area (Å²) in [6.45, 7) is 7.15. The predicted molar refractivity (Wildman–Crippen MR) is 73.0 cm³/mol. The Bertz CT molecular complexity index is 372. The summed E-state index contributed by atoms with van der Waals surface area (Å²) in [5, 5.41) is 14.8. The third kappa shape index (κ3) is 3.09. The molecule has 0 amide bonds. The van der Waals surface area contributed by atoms with Crippen molar-refractivity contribution in [3.8, 4) is 0 Å². The zero-order valence-corrected chi connectivity index (χ0v) is 12.4. The van der Waals surface area contributed by atoms with Crippen molar-refractivity contribution >= 4 is 15.9 Å². The number of hydrogen-bond donors (Lipinski definition) is 2. The molecular formula is C12H22BrN3O. The van der Waals surface area contributed by atoms with Crippen LogP contribution < -0.4 is 5.73 Å². The monoisotopic (exact) mass is 303 g/mol. The molecule has 98 valence electrons. The first kappa shape index (κ1) is 14.7. The van der Waals surface area contributed by atoms with Gasteiger partial charge in [0.05, 0.1) is 21.5 Å². The van der Waals surface area contributed by atoms with E-state index in [1.807, 2.05) is 11.6 Å². The fourth-order valence-corrected chi connectivity index (χ4v) is 2.54. The van der Waals surface area contributed by atoms with Crippen molar-refractivity contribution in [2.75, 3.05) is 6.54 Å². The van der Waals surface area contributed by atoms with Gasteiger partial charge in [-0.25, -0.2) is 0 Å². The van der Waals surface area contributed by atoms with Gasteiger partial charge in [0.25, 0.3) is 0 Å². The SMILES string of the molecule is CCc1nn(CC)c(CC(O)(CC)CN)c1Br. The van der Waals surface area contributed by atoms with Crippen LogP contribution in [0.15, 0.2) is 4.47 Å². The Hall–Kier alpha value is -0.390. The van der Waals surface area contributed by atoms with E-state index in [2.05, 4.69) is 34.9 Å². The fraction of sp³-hybridized carbons (Fsp3) is 0.750. The Morgan fingerprint density at radius 3 is 2.47 bits per heavy atom. The van der Waals surface area contributed by atoms with E-state index in [1.165, 1.54) is 0 Å².